The van der Waals surface area contributed by atoms with E-state index in [0.29, 0.717) is 5.02 Å². The Kier molecular flexibility index (Phi) is 5.07. The van der Waals surface area contributed by atoms with Crippen LogP contribution in [-0.2, 0) is 18.3 Å². The molecule has 6 nitrogen and oxygen atoms in total. The maximum Gasteiger partial charge on any atom is 0.433 e. The van der Waals surface area contributed by atoms with Crippen molar-refractivity contribution in [2.45, 2.75) is 25.2 Å². The molecule has 3 aromatic rings. The monoisotopic (exact) mass is 398 g/mol. The van der Waals surface area contributed by atoms with E-state index in [9.17, 15) is 18.3 Å². The molecule has 1 unspecified atom stereocenters. The Labute approximate surface area is 157 Å². The minimum absolute atomic E-state index is 0.178. The molecule has 3 rings (SSSR count). The van der Waals surface area contributed by atoms with Gasteiger partial charge >= 0.3 is 6.18 Å². The molecule has 0 aliphatic rings. The highest BCUT2D eigenvalue weighted by Gasteiger charge is 2.41. The first-order chi connectivity index (χ1) is 12.6. The van der Waals surface area contributed by atoms with Crippen molar-refractivity contribution in [2.24, 2.45) is 0 Å². The zero-order valence-corrected chi connectivity index (χ0v) is 14.7. The zero-order valence-electron chi connectivity index (χ0n) is 14.0. The van der Waals surface area contributed by atoms with Crippen molar-refractivity contribution in [2.75, 3.05) is 0 Å². The molecule has 0 aliphatic carbocycles. The Balaban J connectivity index is 1.95. The quantitative estimate of drug-likeness (QED) is 0.702. The van der Waals surface area contributed by atoms with E-state index < -0.39 is 17.5 Å². The smallest absolute Gasteiger partial charge is 0.433 e. The van der Waals surface area contributed by atoms with Crippen LogP contribution in [0.4, 0.5) is 13.2 Å². The fraction of sp³-hybridized carbons (Fsp3) is 0.235. The molecule has 1 N–H and O–H groups in total. The van der Waals surface area contributed by atoms with E-state index in [4.69, 9.17) is 16.3 Å². The number of halogens is 4. The topological polar surface area (TPSA) is 73.1 Å². The van der Waals surface area contributed by atoms with Crippen molar-refractivity contribution < 1.29 is 23.0 Å². The molecule has 1 atom stereocenters. The van der Waals surface area contributed by atoms with Gasteiger partial charge in [-0.25, -0.2) is 4.98 Å². The van der Waals surface area contributed by atoms with Crippen LogP contribution in [0.1, 0.15) is 18.2 Å². The number of hydrogen-bond acceptors (Lipinski definition) is 5. The summed E-state index contributed by atoms with van der Waals surface area (Å²) in [6.07, 6.45) is -2.19. The van der Waals surface area contributed by atoms with Crippen molar-refractivity contribution >= 4 is 11.6 Å². The molecule has 0 amide bonds. The van der Waals surface area contributed by atoms with Crippen LogP contribution in [0.15, 0.2) is 49.1 Å². The van der Waals surface area contributed by atoms with Gasteiger partial charge in [-0.1, -0.05) is 11.6 Å². The molecule has 0 spiro atoms. The van der Waals surface area contributed by atoms with Crippen LogP contribution in [0, 0.1) is 0 Å². The summed E-state index contributed by atoms with van der Waals surface area (Å²) >= 11 is 5.77. The van der Waals surface area contributed by atoms with E-state index in [1.165, 1.54) is 42.3 Å². The van der Waals surface area contributed by atoms with Crippen molar-refractivity contribution in [1.82, 2.24) is 19.7 Å². The fourth-order valence-corrected chi connectivity index (χ4v) is 2.64. The van der Waals surface area contributed by atoms with Crippen LogP contribution in [0.25, 0.3) is 0 Å². The van der Waals surface area contributed by atoms with Gasteiger partial charge in [0, 0.05) is 16.7 Å². The second-order valence-corrected chi connectivity index (χ2v) is 6.44. The van der Waals surface area contributed by atoms with Gasteiger partial charge in [-0.15, -0.1) is 10.2 Å². The highest BCUT2D eigenvalue weighted by molar-refractivity contribution is 6.30. The van der Waals surface area contributed by atoms with Gasteiger partial charge < -0.3 is 14.4 Å². The van der Waals surface area contributed by atoms with Gasteiger partial charge in [0.1, 0.15) is 24.0 Å². The van der Waals surface area contributed by atoms with E-state index in [-0.39, 0.29) is 23.7 Å². The van der Waals surface area contributed by atoms with Gasteiger partial charge in [0.05, 0.1) is 6.54 Å². The lowest BCUT2D eigenvalue weighted by Crippen LogP contribution is -2.31. The van der Waals surface area contributed by atoms with Crippen molar-refractivity contribution in [1.29, 1.82) is 0 Å². The van der Waals surface area contributed by atoms with Gasteiger partial charge in [0.2, 0.25) is 5.88 Å². The molecule has 1 aromatic carbocycles. The Morgan fingerprint density at radius 3 is 2.30 bits per heavy atom. The van der Waals surface area contributed by atoms with Crippen molar-refractivity contribution in [3.63, 3.8) is 0 Å². The number of alkyl halides is 3. The summed E-state index contributed by atoms with van der Waals surface area (Å²) in [7, 11) is 0. The van der Waals surface area contributed by atoms with E-state index in [0.717, 1.165) is 6.07 Å². The summed E-state index contributed by atoms with van der Waals surface area (Å²) in [6.45, 7) is 1.08. The minimum atomic E-state index is -4.79. The van der Waals surface area contributed by atoms with Crippen LogP contribution >= 0.6 is 11.6 Å². The molecule has 0 bridgehead atoms. The molecular weight excluding hydrogens is 385 g/mol. The van der Waals surface area contributed by atoms with Crippen LogP contribution < -0.4 is 4.74 Å². The van der Waals surface area contributed by atoms with Crippen molar-refractivity contribution in [3.05, 3.63) is 65.3 Å². The Morgan fingerprint density at radius 1 is 1.07 bits per heavy atom. The summed E-state index contributed by atoms with van der Waals surface area (Å²) in [5.74, 6) is 0.0255. The molecule has 10 heteroatoms. The lowest BCUT2D eigenvalue weighted by molar-refractivity contribution is -0.144. The van der Waals surface area contributed by atoms with E-state index >= 15 is 0 Å². The maximum atomic E-state index is 13.6. The predicted molar refractivity (Wildman–Crippen MR) is 90.4 cm³/mol. The van der Waals surface area contributed by atoms with E-state index in [2.05, 4.69) is 15.2 Å². The first-order valence-electron chi connectivity index (χ1n) is 7.72. The van der Waals surface area contributed by atoms with Gasteiger partial charge in [0.15, 0.2) is 5.69 Å². The zero-order chi connectivity index (χ0) is 19.7. The van der Waals surface area contributed by atoms with E-state index in [1.807, 2.05) is 0 Å². The summed E-state index contributed by atoms with van der Waals surface area (Å²) in [4.78, 5) is 3.58. The number of nitrogens with zero attached hydrogens (tertiary/aromatic N) is 4. The molecule has 142 valence electrons. The molecule has 0 aliphatic heterocycles. The molecule has 2 aromatic heterocycles. The lowest BCUT2D eigenvalue weighted by atomic mass is 9.94. The third kappa shape index (κ3) is 4.55. The molecule has 2 heterocycles. The van der Waals surface area contributed by atoms with Crippen LogP contribution in [0.3, 0.4) is 0 Å². The van der Waals surface area contributed by atoms with Crippen LogP contribution in [0.2, 0.25) is 5.02 Å². The molecule has 27 heavy (non-hydrogen) atoms. The SMILES string of the molecule is CC(O)(Cn1cnnc1)c1ccc(Oc2ccc(Cl)cc2)nc1C(F)(F)F. The summed E-state index contributed by atoms with van der Waals surface area (Å²) in [6, 6.07) is 8.51. The van der Waals surface area contributed by atoms with Gasteiger partial charge in [-0.3, -0.25) is 0 Å². The van der Waals surface area contributed by atoms with Gasteiger partial charge in [0.25, 0.3) is 0 Å². The number of rotatable bonds is 5. The molecule has 0 saturated carbocycles. The van der Waals surface area contributed by atoms with E-state index in [1.54, 1.807) is 12.1 Å². The highest BCUT2D eigenvalue weighted by atomic mass is 35.5. The van der Waals surface area contributed by atoms with Crippen molar-refractivity contribution in [3.8, 4) is 11.6 Å². The Bertz CT molecular complexity index is 913. The fourth-order valence-electron chi connectivity index (χ4n) is 2.52. The third-order valence-corrected chi connectivity index (χ3v) is 3.96. The highest BCUT2D eigenvalue weighted by Crippen LogP contribution is 2.38. The first kappa shape index (κ1) is 19.1. The first-order valence-corrected chi connectivity index (χ1v) is 8.10. The second kappa shape index (κ2) is 7.16. The van der Waals surface area contributed by atoms with Gasteiger partial charge in [-0.2, -0.15) is 13.2 Å². The number of aliphatic hydroxyl groups is 1. The predicted octanol–water partition coefficient (Wildman–Crippen LogP) is 4.05. The lowest BCUT2D eigenvalue weighted by Gasteiger charge is -2.27. The third-order valence-electron chi connectivity index (χ3n) is 3.71. The number of benzene rings is 1. The number of hydrogen-bond donors (Lipinski definition) is 1. The summed E-state index contributed by atoms with van der Waals surface area (Å²) in [5, 5.41) is 18.3. The average molecular weight is 399 g/mol. The number of pyridine rings is 1. The molecular formula is C17H14ClF3N4O2. The largest absolute Gasteiger partial charge is 0.439 e. The molecule has 0 radical (unpaired) electrons. The van der Waals surface area contributed by atoms with Crippen LogP contribution in [0.5, 0.6) is 11.6 Å². The minimum Gasteiger partial charge on any atom is -0.439 e. The summed E-state index contributed by atoms with van der Waals surface area (Å²) in [5.41, 5.74) is -3.47. The standard InChI is InChI=1S/C17H14ClF3N4O2/c1-16(26,8-25-9-22-23-10-25)13-6-7-14(24-15(13)17(19,20)21)27-12-4-2-11(18)3-5-12/h2-7,9-10,26H,8H2,1H3. The summed E-state index contributed by atoms with van der Waals surface area (Å²) < 4.78 is 47.4. The Hall–Kier alpha value is -2.65. The maximum absolute atomic E-state index is 13.6. The normalized spacial score (nSPS) is 14.0. The Morgan fingerprint density at radius 2 is 1.70 bits per heavy atom. The number of ether oxygens (including phenoxy) is 1. The number of aromatic nitrogens is 4. The average Bonchev–Trinajstić information content (AvgIpc) is 3.08. The molecule has 0 saturated heterocycles. The molecule has 0 fully saturated rings. The van der Waals surface area contributed by atoms with Crippen LogP contribution in [-0.4, -0.2) is 24.9 Å². The second-order valence-electron chi connectivity index (χ2n) is 6.01. The van der Waals surface area contributed by atoms with Gasteiger partial charge in [-0.05, 0) is 37.3 Å².